The van der Waals surface area contributed by atoms with Crippen molar-refractivity contribution in [2.24, 2.45) is 5.92 Å². The third-order valence-corrected chi connectivity index (χ3v) is 3.30. The van der Waals surface area contributed by atoms with Crippen molar-refractivity contribution in [1.82, 2.24) is 0 Å². The number of nitrogens with one attached hydrogen (secondary N) is 1. The van der Waals surface area contributed by atoms with Crippen LogP contribution in [0.25, 0.3) is 5.73 Å². The molecule has 1 radical (unpaired) electrons. The van der Waals surface area contributed by atoms with Gasteiger partial charge in [-0.3, -0.25) is 9.59 Å². The van der Waals surface area contributed by atoms with E-state index in [-0.39, 0.29) is 62.0 Å². The minimum Gasteiger partial charge on any atom is -0.668 e. The molecule has 0 saturated carbocycles. The molecule has 2 N–H and O–H groups in total. The molecular formula is C10H16AcNO4S-. The van der Waals surface area contributed by atoms with E-state index < -0.39 is 17.9 Å². The summed E-state index contributed by atoms with van der Waals surface area (Å²) in [4.78, 5) is 32.3. The van der Waals surface area contributed by atoms with Gasteiger partial charge in [-0.05, 0) is 19.6 Å². The van der Waals surface area contributed by atoms with Gasteiger partial charge in [0.15, 0.2) is 0 Å². The zero-order valence-corrected chi connectivity index (χ0v) is 15.5. The summed E-state index contributed by atoms with van der Waals surface area (Å²) in [6.45, 7) is 2.70. The topological polar surface area (TPSA) is 95.2 Å². The van der Waals surface area contributed by atoms with Crippen molar-refractivity contribution in [3.8, 4) is 0 Å². The van der Waals surface area contributed by atoms with Gasteiger partial charge in [-0.25, -0.2) is 0 Å². The Morgan fingerprint density at radius 3 is 2.06 bits per heavy atom. The van der Waals surface area contributed by atoms with Crippen molar-refractivity contribution in [2.45, 2.75) is 26.3 Å². The molecule has 2 unspecified atom stereocenters. The average Bonchev–Trinajstić information content (AvgIpc) is 2.14. The van der Waals surface area contributed by atoms with Crippen LogP contribution in [0.5, 0.6) is 0 Å². The van der Waals surface area contributed by atoms with Crippen molar-refractivity contribution >= 4 is 29.3 Å². The fraction of sp³-hybridized carbons (Fsp3) is 0.700. The number of carboxylic acid groups (broad SMARTS) is 1. The van der Waals surface area contributed by atoms with Crippen molar-refractivity contribution in [2.75, 3.05) is 11.5 Å². The molecule has 0 aromatic heterocycles. The zero-order chi connectivity index (χ0) is 12.7. The number of thioether (sulfide) groups is 1. The van der Waals surface area contributed by atoms with Crippen LogP contribution >= 0.6 is 11.8 Å². The minimum atomic E-state index is -1.00. The van der Waals surface area contributed by atoms with Crippen molar-refractivity contribution < 1.29 is 63.6 Å². The molecule has 0 spiro atoms. The van der Waals surface area contributed by atoms with Crippen molar-refractivity contribution in [1.29, 1.82) is 0 Å². The summed E-state index contributed by atoms with van der Waals surface area (Å²) in [5, 5.41) is 8.58. The van der Waals surface area contributed by atoms with Crippen LogP contribution in [0.1, 0.15) is 20.3 Å². The predicted octanol–water partition coefficient (Wildman–Crippen LogP) is 1.41. The largest absolute Gasteiger partial charge is 0.668 e. The molecule has 0 saturated heterocycles. The molecule has 5 nitrogen and oxygen atoms in total. The molecule has 2 atom stereocenters. The molecule has 0 aliphatic rings. The van der Waals surface area contributed by atoms with Crippen molar-refractivity contribution in [3.05, 3.63) is 5.73 Å². The third-order valence-electron chi connectivity index (χ3n) is 2.09. The second kappa shape index (κ2) is 10.5. The zero-order valence-electron chi connectivity index (χ0n) is 9.93. The Hall–Kier alpha value is 0.562. The van der Waals surface area contributed by atoms with Gasteiger partial charge in [0, 0.05) is 55.7 Å². The molecule has 0 heterocycles. The molecule has 0 aromatic rings. The van der Waals surface area contributed by atoms with Gasteiger partial charge in [0.1, 0.15) is 11.6 Å². The van der Waals surface area contributed by atoms with E-state index >= 15 is 0 Å². The Morgan fingerprint density at radius 2 is 1.71 bits per heavy atom. The fourth-order valence-corrected chi connectivity index (χ4v) is 2.22. The smallest absolute Gasteiger partial charge is 0.304 e. The van der Waals surface area contributed by atoms with Gasteiger partial charge in [-0.1, -0.05) is 6.04 Å². The number of rotatable bonds is 8. The minimum absolute atomic E-state index is 0. The first-order chi connectivity index (χ1) is 7.34. The van der Waals surface area contributed by atoms with Gasteiger partial charge in [-0.2, -0.15) is 11.8 Å². The van der Waals surface area contributed by atoms with E-state index in [0.717, 1.165) is 0 Å². The molecule has 95 valence electrons. The first-order valence-corrected chi connectivity index (χ1v) is 6.01. The fourth-order valence-electron chi connectivity index (χ4n) is 0.976. The Balaban J connectivity index is 0. The summed E-state index contributed by atoms with van der Waals surface area (Å²) < 4.78 is 0. The van der Waals surface area contributed by atoms with E-state index in [1.165, 1.54) is 25.6 Å². The Labute approximate surface area is 141 Å². The van der Waals surface area contributed by atoms with Gasteiger partial charge in [0.2, 0.25) is 0 Å². The van der Waals surface area contributed by atoms with Crippen LogP contribution in [0.4, 0.5) is 0 Å². The van der Waals surface area contributed by atoms with Crippen LogP contribution < -0.4 is 0 Å². The van der Waals surface area contributed by atoms with Crippen molar-refractivity contribution in [3.63, 3.8) is 0 Å². The van der Waals surface area contributed by atoms with Gasteiger partial charge in [-0.15, -0.1) is 0 Å². The SMILES string of the molecule is CC(=O)C([NH-])CSCC(CC(=O)O)C(C)=O.[Ac]. The number of carbonyl (C=O) groups excluding carboxylic acids is 2. The maximum absolute atomic E-state index is 11.1. The van der Waals surface area contributed by atoms with Crippen LogP contribution in [0.15, 0.2) is 0 Å². The van der Waals surface area contributed by atoms with Crippen LogP contribution in [0, 0.1) is 50.0 Å². The monoisotopic (exact) mass is 473 g/mol. The standard InChI is InChI=1S/C10H16NO4S.Ac/c1-6(12)8(3-10(14)15)4-16-5-9(11)7(2)13;/h8-9,11H,3-5H2,1-2H3,(H,14,15);/q-1;. The molecule has 0 aromatic carbocycles. The molecule has 17 heavy (non-hydrogen) atoms. The van der Waals surface area contributed by atoms with E-state index in [9.17, 15) is 14.4 Å². The summed E-state index contributed by atoms with van der Waals surface area (Å²) in [5.41, 5.74) is 7.35. The van der Waals surface area contributed by atoms with E-state index in [2.05, 4.69) is 0 Å². The number of carboxylic acids is 1. The first-order valence-electron chi connectivity index (χ1n) is 4.86. The summed E-state index contributed by atoms with van der Waals surface area (Å²) in [5.74, 6) is -1.26. The molecule has 0 aliphatic heterocycles. The summed E-state index contributed by atoms with van der Waals surface area (Å²) in [7, 11) is 0. The summed E-state index contributed by atoms with van der Waals surface area (Å²) >= 11 is 1.28. The maximum atomic E-state index is 11.1. The van der Waals surface area contributed by atoms with E-state index in [0.29, 0.717) is 11.5 Å². The quantitative estimate of drug-likeness (QED) is 0.576. The Morgan fingerprint density at radius 1 is 1.18 bits per heavy atom. The number of ketones is 2. The molecular weight excluding hydrogens is 457 g/mol. The molecule has 0 aliphatic carbocycles. The normalized spacial score (nSPS) is 13.4. The predicted molar refractivity (Wildman–Crippen MR) is 62.5 cm³/mol. The second-order valence-electron chi connectivity index (χ2n) is 3.61. The van der Waals surface area contributed by atoms with Gasteiger partial charge < -0.3 is 15.6 Å². The van der Waals surface area contributed by atoms with Gasteiger partial charge in [0.25, 0.3) is 0 Å². The van der Waals surface area contributed by atoms with E-state index in [1.54, 1.807) is 0 Å². The van der Waals surface area contributed by atoms with Crippen LogP contribution in [-0.4, -0.2) is 40.2 Å². The van der Waals surface area contributed by atoms with Crippen LogP contribution in [0.2, 0.25) is 0 Å². The number of Topliss-reactive ketones (excluding diaryl/α,β-unsaturated/α-hetero) is 2. The van der Waals surface area contributed by atoms with Gasteiger partial charge in [0.05, 0.1) is 6.42 Å². The maximum Gasteiger partial charge on any atom is 0.304 e. The second-order valence-corrected chi connectivity index (χ2v) is 4.68. The molecule has 0 bridgehead atoms. The summed E-state index contributed by atoms with van der Waals surface area (Å²) in [6.07, 6.45) is -0.189. The Kier molecular flexibility index (Phi) is 12.3. The molecule has 0 amide bonds. The molecule has 0 fully saturated rings. The third kappa shape index (κ3) is 10.2. The number of hydrogen-bond acceptors (Lipinski definition) is 4. The Bertz CT molecular complexity index is 285. The number of aliphatic carboxylic acids is 1. The molecule has 0 rings (SSSR count). The van der Waals surface area contributed by atoms with Crippen LogP contribution in [-0.2, 0) is 14.4 Å². The first kappa shape index (κ1) is 19.9. The van der Waals surface area contributed by atoms with E-state index in [4.69, 9.17) is 10.8 Å². The van der Waals surface area contributed by atoms with E-state index in [1.807, 2.05) is 0 Å². The average molecular weight is 473 g/mol. The number of hydrogen-bond donors (Lipinski definition) is 1. The van der Waals surface area contributed by atoms with Crippen LogP contribution in [0.3, 0.4) is 0 Å². The number of carbonyl (C=O) groups is 3. The summed E-state index contributed by atoms with van der Waals surface area (Å²) in [6, 6.07) is -0.789. The van der Waals surface area contributed by atoms with Gasteiger partial charge >= 0.3 is 5.97 Å². The molecule has 7 heteroatoms.